The van der Waals surface area contributed by atoms with Crippen LogP contribution in [0.2, 0.25) is 0 Å². The van der Waals surface area contributed by atoms with E-state index in [0.717, 1.165) is 56.3 Å². The van der Waals surface area contributed by atoms with Gasteiger partial charge in [-0.3, -0.25) is 4.79 Å². The van der Waals surface area contributed by atoms with Gasteiger partial charge in [0.25, 0.3) is 0 Å². The van der Waals surface area contributed by atoms with Crippen molar-refractivity contribution >= 4 is 17.0 Å². The Labute approximate surface area is 191 Å². The van der Waals surface area contributed by atoms with Crippen LogP contribution in [0.3, 0.4) is 0 Å². The molecule has 0 saturated carbocycles. The Kier molecular flexibility index (Phi) is 4.96. The minimum absolute atomic E-state index is 0.0825. The fourth-order valence-electron chi connectivity index (χ4n) is 6.10. The summed E-state index contributed by atoms with van der Waals surface area (Å²) in [5.74, 6) is 0.0850. The molecule has 1 N–H and O–H groups in total. The lowest BCUT2D eigenvalue weighted by molar-refractivity contribution is 0.0929. The molecule has 2 aromatic heterocycles. The van der Waals surface area contributed by atoms with E-state index in [9.17, 15) is 13.6 Å². The van der Waals surface area contributed by atoms with Crippen LogP contribution in [-0.4, -0.2) is 59.6 Å². The molecular weight excluding hydrogens is 424 g/mol. The fourth-order valence-corrected chi connectivity index (χ4v) is 6.10. The van der Waals surface area contributed by atoms with Gasteiger partial charge in [0, 0.05) is 43.6 Å². The molecule has 6 rings (SSSR count). The zero-order valence-electron chi connectivity index (χ0n) is 18.5. The molecule has 8 heteroatoms. The third-order valence-electron chi connectivity index (χ3n) is 7.66. The highest BCUT2D eigenvalue weighted by molar-refractivity contribution is 6.06. The topological polar surface area (TPSA) is 52.9 Å². The first-order valence-corrected chi connectivity index (χ1v) is 11.6. The Morgan fingerprint density at radius 3 is 2.94 bits per heavy atom. The number of fused-ring (bicyclic) bond motifs is 2. The third-order valence-corrected chi connectivity index (χ3v) is 7.66. The summed E-state index contributed by atoms with van der Waals surface area (Å²) in [6.45, 7) is 3.56. The number of carbonyl (C=O) groups excluding carboxylic acids is 1. The van der Waals surface area contributed by atoms with Crippen LogP contribution in [0.1, 0.15) is 34.8 Å². The Morgan fingerprint density at radius 2 is 2.06 bits per heavy atom. The van der Waals surface area contributed by atoms with Gasteiger partial charge in [-0.1, -0.05) is 0 Å². The zero-order chi connectivity index (χ0) is 22.7. The number of nitrogens with one attached hydrogen (secondary N) is 1. The van der Waals surface area contributed by atoms with Crippen LogP contribution in [0.15, 0.2) is 42.7 Å². The largest absolute Gasteiger partial charge is 0.364 e. The predicted octanol–water partition coefficient (Wildman–Crippen LogP) is 3.29. The Balaban J connectivity index is 1.33. The van der Waals surface area contributed by atoms with Gasteiger partial charge in [0.15, 0.2) is 5.78 Å². The van der Waals surface area contributed by atoms with Crippen LogP contribution in [0, 0.1) is 23.5 Å². The van der Waals surface area contributed by atoms with Crippen molar-refractivity contribution in [3.05, 3.63) is 65.5 Å². The maximum absolute atomic E-state index is 14.5. The fraction of sp³-hybridized carbons (Fsp3) is 0.440. The third kappa shape index (κ3) is 3.43. The molecule has 1 aromatic carbocycles. The predicted molar refractivity (Wildman–Crippen MR) is 121 cm³/mol. The summed E-state index contributed by atoms with van der Waals surface area (Å²) in [5, 5.41) is 7.85. The second-order valence-electron chi connectivity index (χ2n) is 9.69. The first-order valence-electron chi connectivity index (χ1n) is 11.6. The number of rotatable bonds is 4. The van der Waals surface area contributed by atoms with E-state index in [1.54, 1.807) is 10.7 Å². The van der Waals surface area contributed by atoms with Gasteiger partial charge in [-0.2, -0.15) is 5.10 Å². The van der Waals surface area contributed by atoms with Crippen molar-refractivity contribution in [3.63, 3.8) is 0 Å². The number of ketones is 1. The lowest BCUT2D eigenvalue weighted by Gasteiger charge is -2.27. The number of pyridine rings is 1. The molecule has 172 valence electrons. The SMILES string of the molecule is CN1CC2CNC(C(=O)c3cnn4ccc(N5CCC[C@@H]5c5cc(F)ccc5F)cc34)C2C1. The standard InChI is InChI=1S/C25H27F2N5O/c1-30-13-15-11-28-24(20(15)14-30)25(33)19-12-29-32-8-6-17(10-23(19)32)31-7-2-3-22(31)18-9-16(26)4-5-21(18)27/h4-6,8-10,12,15,20,22,24,28H,2-3,7,11,13-14H2,1H3/t15?,20?,22-,24?/m1/s1. The monoisotopic (exact) mass is 451 g/mol. The van der Waals surface area contributed by atoms with Gasteiger partial charge in [-0.15, -0.1) is 0 Å². The minimum atomic E-state index is -0.433. The second kappa shape index (κ2) is 7.88. The number of aromatic nitrogens is 2. The smallest absolute Gasteiger partial charge is 0.183 e. The van der Waals surface area contributed by atoms with E-state index in [0.29, 0.717) is 23.0 Å². The zero-order valence-corrected chi connectivity index (χ0v) is 18.5. The molecule has 0 spiro atoms. The van der Waals surface area contributed by atoms with Gasteiger partial charge in [-0.25, -0.2) is 13.3 Å². The molecule has 0 bridgehead atoms. The summed E-state index contributed by atoms with van der Waals surface area (Å²) in [5.41, 5.74) is 2.63. The highest BCUT2D eigenvalue weighted by atomic mass is 19.1. The van der Waals surface area contributed by atoms with Gasteiger partial charge in [-0.05, 0) is 62.1 Å². The molecule has 0 aliphatic carbocycles. The van der Waals surface area contributed by atoms with E-state index >= 15 is 0 Å². The molecule has 3 fully saturated rings. The molecule has 0 amide bonds. The van der Waals surface area contributed by atoms with E-state index < -0.39 is 11.6 Å². The summed E-state index contributed by atoms with van der Waals surface area (Å²) >= 11 is 0. The number of carbonyl (C=O) groups is 1. The highest BCUT2D eigenvalue weighted by Crippen LogP contribution is 2.38. The van der Waals surface area contributed by atoms with Crippen molar-refractivity contribution in [1.82, 2.24) is 19.8 Å². The van der Waals surface area contributed by atoms with Crippen LogP contribution in [-0.2, 0) is 0 Å². The maximum atomic E-state index is 14.5. The molecule has 3 unspecified atom stereocenters. The van der Waals surface area contributed by atoms with Crippen molar-refractivity contribution in [2.24, 2.45) is 11.8 Å². The number of Topliss-reactive ketones (excluding diaryl/α,β-unsaturated/α-hetero) is 1. The summed E-state index contributed by atoms with van der Waals surface area (Å²) in [4.78, 5) is 17.9. The van der Waals surface area contributed by atoms with Gasteiger partial charge in [0.1, 0.15) is 11.6 Å². The number of likely N-dealkylation sites (tertiary alicyclic amines) is 1. The van der Waals surface area contributed by atoms with E-state index in [4.69, 9.17) is 0 Å². The van der Waals surface area contributed by atoms with Crippen molar-refractivity contribution in [3.8, 4) is 0 Å². The molecule has 3 aromatic rings. The number of hydrogen-bond acceptors (Lipinski definition) is 5. The van der Waals surface area contributed by atoms with Crippen molar-refractivity contribution < 1.29 is 13.6 Å². The number of hydrogen-bond donors (Lipinski definition) is 1. The van der Waals surface area contributed by atoms with E-state index in [2.05, 4.69) is 27.3 Å². The molecule has 0 radical (unpaired) electrons. The van der Waals surface area contributed by atoms with Gasteiger partial charge in [0.2, 0.25) is 0 Å². The normalized spacial score (nSPS) is 27.5. The summed E-state index contributed by atoms with van der Waals surface area (Å²) in [6, 6.07) is 7.10. The second-order valence-corrected chi connectivity index (χ2v) is 9.69. The van der Waals surface area contributed by atoms with Crippen LogP contribution in [0.25, 0.3) is 5.52 Å². The lowest BCUT2D eigenvalue weighted by atomic mass is 9.90. The van der Waals surface area contributed by atoms with Crippen molar-refractivity contribution in [2.75, 3.05) is 38.1 Å². The lowest BCUT2D eigenvalue weighted by Crippen LogP contribution is -2.38. The van der Waals surface area contributed by atoms with Crippen LogP contribution < -0.4 is 10.2 Å². The Morgan fingerprint density at radius 1 is 1.18 bits per heavy atom. The number of benzene rings is 1. The van der Waals surface area contributed by atoms with Crippen LogP contribution in [0.4, 0.5) is 14.5 Å². The molecule has 4 atom stereocenters. The number of anilines is 1. The molecule has 6 nitrogen and oxygen atoms in total. The molecule has 5 heterocycles. The molecule has 33 heavy (non-hydrogen) atoms. The van der Waals surface area contributed by atoms with E-state index in [1.807, 2.05) is 18.3 Å². The highest BCUT2D eigenvalue weighted by Gasteiger charge is 2.45. The quantitative estimate of drug-likeness (QED) is 0.617. The van der Waals surface area contributed by atoms with E-state index in [1.165, 1.54) is 12.1 Å². The van der Waals surface area contributed by atoms with E-state index in [-0.39, 0.29) is 17.9 Å². The van der Waals surface area contributed by atoms with Gasteiger partial charge >= 0.3 is 0 Å². The number of halogens is 2. The molecular formula is C25H27F2N5O. The maximum Gasteiger partial charge on any atom is 0.183 e. The Hall–Kier alpha value is -2.84. The molecule has 3 aliphatic heterocycles. The van der Waals surface area contributed by atoms with Gasteiger partial charge < -0.3 is 15.1 Å². The van der Waals surface area contributed by atoms with Crippen LogP contribution in [0.5, 0.6) is 0 Å². The van der Waals surface area contributed by atoms with Crippen molar-refractivity contribution in [1.29, 1.82) is 0 Å². The van der Waals surface area contributed by atoms with Gasteiger partial charge in [0.05, 0.1) is 29.4 Å². The first-order chi connectivity index (χ1) is 16.0. The molecule has 3 saturated heterocycles. The average molecular weight is 452 g/mol. The summed E-state index contributed by atoms with van der Waals surface area (Å²) < 4.78 is 30.1. The minimum Gasteiger partial charge on any atom is -0.364 e. The number of nitrogens with zero attached hydrogens (tertiary/aromatic N) is 4. The Bertz CT molecular complexity index is 1230. The van der Waals surface area contributed by atoms with Crippen molar-refractivity contribution in [2.45, 2.75) is 24.9 Å². The average Bonchev–Trinajstić information content (AvgIpc) is 3.57. The van der Waals surface area contributed by atoms with Crippen LogP contribution >= 0.6 is 0 Å². The first kappa shape index (κ1) is 20.7. The summed E-state index contributed by atoms with van der Waals surface area (Å²) in [7, 11) is 2.11. The summed E-state index contributed by atoms with van der Waals surface area (Å²) in [6.07, 6.45) is 5.13. The molecule has 3 aliphatic rings.